The summed E-state index contributed by atoms with van der Waals surface area (Å²) in [6, 6.07) is 2.45. The van der Waals surface area contributed by atoms with Gasteiger partial charge in [0.05, 0.1) is 30.9 Å². The van der Waals surface area contributed by atoms with Gasteiger partial charge in [0.25, 0.3) is 0 Å². The lowest BCUT2D eigenvalue weighted by molar-refractivity contribution is -0.140. The fraction of sp³-hybridized carbons (Fsp3) is 0.600. The molecule has 11 heteroatoms. The van der Waals surface area contributed by atoms with E-state index in [0.29, 0.717) is 32.6 Å². The first-order valence-corrected chi connectivity index (χ1v) is 10.1. The van der Waals surface area contributed by atoms with E-state index in [1.165, 1.54) is 0 Å². The summed E-state index contributed by atoms with van der Waals surface area (Å²) in [5.74, 6) is -1.18. The Labute approximate surface area is 176 Å². The molecule has 2 atom stereocenters. The summed E-state index contributed by atoms with van der Waals surface area (Å²) < 4.78 is 63.8. The fourth-order valence-corrected chi connectivity index (χ4v) is 4.20. The zero-order valence-corrected chi connectivity index (χ0v) is 16.7. The van der Waals surface area contributed by atoms with Gasteiger partial charge in [-0.1, -0.05) is 6.07 Å². The number of urea groups is 1. The quantitative estimate of drug-likeness (QED) is 0.720. The van der Waals surface area contributed by atoms with Crippen LogP contribution in [0.5, 0.6) is 0 Å². The Morgan fingerprint density at radius 3 is 2.74 bits per heavy atom. The Bertz CT molecular complexity index is 844. The van der Waals surface area contributed by atoms with E-state index >= 15 is 0 Å². The first-order chi connectivity index (χ1) is 14.7. The molecule has 0 aliphatic carbocycles. The molecule has 0 radical (unpaired) electrons. The predicted octanol–water partition coefficient (Wildman–Crippen LogP) is 2.00. The number of alkyl halides is 3. The molecular weight excluding hydrogens is 422 g/mol. The van der Waals surface area contributed by atoms with E-state index in [1.54, 1.807) is 9.80 Å². The Morgan fingerprint density at radius 2 is 2.00 bits per heavy atom. The van der Waals surface area contributed by atoms with E-state index in [2.05, 4.69) is 5.32 Å². The Balaban J connectivity index is 1.23. The molecule has 0 aromatic heterocycles. The van der Waals surface area contributed by atoms with Crippen LogP contribution >= 0.6 is 0 Å². The smallest absolute Gasteiger partial charge is 0.376 e. The van der Waals surface area contributed by atoms with Crippen molar-refractivity contribution in [1.82, 2.24) is 15.1 Å². The van der Waals surface area contributed by atoms with Crippen LogP contribution in [-0.2, 0) is 27.1 Å². The number of rotatable bonds is 4. The van der Waals surface area contributed by atoms with Gasteiger partial charge in [0, 0.05) is 37.7 Å². The number of ether oxygens (including phenoxy) is 2. The van der Waals surface area contributed by atoms with Gasteiger partial charge < -0.3 is 24.6 Å². The minimum Gasteiger partial charge on any atom is -0.376 e. The number of likely N-dealkylation sites (tertiary alicyclic amines) is 2. The normalized spacial score (nSPS) is 24.5. The summed E-state index contributed by atoms with van der Waals surface area (Å²) >= 11 is 0. The molecule has 1 N–H and O–H groups in total. The lowest BCUT2D eigenvalue weighted by atomic mass is 9.99. The molecule has 1 aromatic rings. The third kappa shape index (κ3) is 4.77. The highest BCUT2D eigenvalue weighted by molar-refractivity contribution is 5.79. The average Bonchev–Trinajstić information content (AvgIpc) is 2.68. The van der Waals surface area contributed by atoms with Gasteiger partial charge in [-0.3, -0.25) is 4.79 Å². The lowest BCUT2D eigenvalue weighted by Crippen LogP contribution is -2.64. The second kappa shape index (κ2) is 8.62. The summed E-state index contributed by atoms with van der Waals surface area (Å²) in [4.78, 5) is 27.4. The zero-order valence-electron chi connectivity index (χ0n) is 16.7. The molecule has 3 heterocycles. The molecule has 1 aromatic carbocycles. The van der Waals surface area contributed by atoms with Crippen LogP contribution in [0.3, 0.4) is 0 Å². The Kier molecular flexibility index (Phi) is 6.07. The standard InChI is InChI=1S/C20H23F4N3O4/c21-15-3-1-2-14(20(22,23)24)13(15)10-30-9-12-6-27(7-12)19(29)26-5-4-17-16(8-26)25-18(28)11-31-17/h1-3,12,16-17H,4-11H2,(H,25,28)/t16-,17+/m1/s1. The summed E-state index contributed by atoms with van der Waals surface area (Å²) in [5.41, 5.74) is -1.55. The Morgan fingerprint density at radius 1 is 1.23 bits per heavy atom. The molecule has 4 rings (SSSR count). The maximum Gasteiger partial charge on any atom is 0.416 e. The largest absolute Gasteiger partial charge is 0.416 e. The minimum atomic E-state index is -4.66. The first-order valence-electron chi connectivity index (χ1n) is 10.1. The van der Waals surface area contributed by atoms with Crippen molar-refractivity contribution >= 4 is 11.9 Å². The number of hydrogen-bond acceptors (Lipinski definition) is 4. The van der Waals surface area contributed by atoms with E-state index in [1.807, 2.05) is 0 Å². The van der Waals surface area contributed by atoms with Crippen LogP contribution in [0.25, 0.3) is 0 Å². The van der Waals surface area contributed by atoms with Crippen LogP contribution in [0.15, 0.2) is 18.2 Å². The molecule has 0 bridgehead atoms. The fourth-order valence-electron chi connectivity index (χ4n) is 4.20. The second-order valence-corrected chi connectivity index (χ2v) is 8.09. The van der Waals surface area contributed by atoms with Gasteiger partial charge in [-0.25, -0.2) is 9.18 Å². The monoisotopic (exact) mass is 445 g/mol. The molecule has 3 saturated heterocycles. The van der Waals surface area contributed by atoms with E-state index in [4.69, 9.17) is 9.47 Å². The summed E-state index contributed by atoms with van der Waals surface area (Å²) in [6.07, 6.45) is -4.10. The molecule has 3 aliphatic rings. The molecule has 3 fully saturated rings. The van der Waals surface area contributed by atoms with E-state index in [-0.39, 0.29) is 43.2 Å². The number of piperidine rings is 1. The molecule has 3 aliphatic heterocycles. The van der Waals surface area contributed by atoms with Crippen molar-refractivity contribution in [2.45, 2.75) is 31.3 Å². The summed E-state index contributed by atoms with van der Waals surface area (Å²) in [5, 5.41) is 2.84. The number of morpholine rings is 1. The van der Waals surface area contributed by atoms with Gasteiger partial charge in [0.15, 0.2) is 0 Å². The van der Waals surface area contributed by atoms with Crippen molar-refractivity contribution in [2.24, 2.45) is 5.92 Å². The van der Waals surface area contributed by atoms with Crippen molar-refractivity contribution in [1.29, 1.82) is 0 Å². The average molecular weight is 445 g/mol. The van der Waals surface area contributed by atoms with Gasteiger partial charge in [0.1, 0.15) is 12.4 Å². The molecule has 7 nitrogen and oxygen atoms in total. The number of carbonyl (C=O) groups is 2. The zero-order chi connectivity index (χ0) is 22.2. The SMILES string of the molecule is O=C1CO[C@H]2CCN(C(=O)N3CC(COCc4c(F)cccc4C(F)(F)F)C3)C[C@H]2N1. The molecule has 0 spiro atoms. The van der Waals surface area contributed by atoms with Crippen LogP contribution in [0, 0.1) is 11.7 Å². The molecule has 31 heavy (non-hydrogen) atoms. The number of benzene rings is 1. The van der Waals surface area contributed by atoms with Crippen molar-refractivity contribution in [2.75, 3.05) is 39.4 Å². The number of hydrogen-bond donors (Lipinski definition) is 1. The van der Waals surface area contributed by atoms with Crippen molar-refractivity contribution in [3.05, 3.63) is 35.1 Å². The summed E-state index contributed by atoms with van der Waals surface area (Å²) in [6.45, 7) is 1.41. The Hall–Kier alpha value is -2.40. The van der Waals surface area contributed by atoms with Crippen LogP contribution in [-0.4, -0.2) is 73.3 Å². The number of amides is 3. The third-order valence-electron chi connectivity index (χ3n) is 5.85. The highest BCUT2D eigenvalue weighted by Gasteiger charge is 2.40. The number of carbonyl (C=O) groups excluding carboxylic acids is 2. The van der Waals surface area contributed by atoms with Crippen LogP contribution in [0.1, 0.15) is 17.5 Å². The van der Waals surface area contributed by atoms with Crippen LogP contribution < -0.4 is 5.32 Å². The maximum absolute atomic E-state index is 13.8. The highest BCUT2D eigenvalue weighted by atomic mass is 19.4. The third-order valence-corrected chi connectivity index (χ3v) is 5.85. The molecule has 3 amide bonds. The van der Waals surface area contributed by atoms with E-state index in [9.17, 15) is 27.2 Å². The predicted molar refractivity (Wildman–Crippen MR) is 99.4 cm³/mol. The van der Waals surface area contributed by atoms with Crippen molar-refractivity contribution in [3.8, 4) is 0 Å². The van der Waals surface area contributed by atoms with E-state index < -0.39 is 29.7 Å². The van der Waals surface area contributed by atoms with Gasteiger partial charge in [-0.15, -0.1) is 0 Å². The van der Waals surface area contributed by atoms with Gasteiger partial charge in [-0.2, -0.15) is 13.2 Å². The van der Waals surface area contributed by atoms with Gasteiger partial charge in [0.2, 0.25) is 5.91 Å². The molecule has 170 valence electrons. The minimum absolute atomic E-state index is 0.0275. The molecule has 0 unspecified atom stereocenters. The summed E-state index contributed by atoms with van der Waals surface area (Å²) in [7, 11) is 0. The maximum atomic E-state index is 13.8. The first kappa shape index (κ1) is 21.8. The van der Waals surface area contributed by atoms with Gasteiger partial charge in [-0.05, 0) is 18.6 Å². The van der Waals surface area contributed by atoms with Crippen LogP contribution in [0.4, 0.5) is 22.4 Å². The van der Waals surface area contributed by atoms with E-state index in [0.717, 1.165) is 18.2 Å². The number of halogens is 4. The van der Waals surface area contributed by atoms with Gasteiger partial charge >= 0.3 is 12.2 Å². The number of nitrogens with zero attached hydrogens (tertiary/aromatic N) is 2. The van der Waals surface area contributed by atoms with Crippen molar-refractivity contribution in [3.63, 3.8) is 0 Å². The van der Waals surface area contributed by atoms with Crippen LogP contribution in [0.2, 0.25) is 0 Å². The number of nitrogens with one attached hydrogen (secondary N) is 1. The second-order valence-electron chi connectivity index (χ2n) is 8.09. The number of fused-ring (bicyclic) bond motifs is 1. The molecule has 0 saturated carbocycles. The topological polar surface area (TPSA) is 71.1 Å². The molecular formula is C20H23F4N3O4. The lowest BCUT2D eigenvalue weighted by Gasteiger charge is -2.46. The highest BCUT2D eigenvalue weighted by Crippen LogP contribution is 2.33. The van der Waals surface area contributed by atoms with Crippen molar-refractivity contribution < 1.29 is 36.6 Å².